The van der Waals surface area contributed by atoms with Crippen molar-refractivity contribution in [3.63, 3.8) is 0 Å². The van der Waals surface area contributed by atoms with Gasteiger partial charge < -0.3 is 5.32 Å². The highest BCUT2D eigenvalue weighted by Crippen LogP contribution is 2.28. The third kappa shape index (κ3) is 3.14. The molecule has 1 rings (SSSR count). The summed E-state index contributed by atoms with van der Waals surface area (Å²) < 4.78 is 25.1. The van der Waals surface area contributed by atoms with Crippen LogP contribution in [0.5, 0.6) is 0 Å². The Hall–Kier alpha value is -0.180. The summed E-state index contributed by atoms with van der Waals surface area (Å²) in [6.45, 7) is 6.19. The van der Waals surface area contributed by atoms with E-state index in [0.29, 0.717) is 6.42 Å². The van der Waals surface area contributed by atoms with E-state index >= 15 is 0 Å². The maximum atomic E-state index is 12.5. The van der Waals surface area contributed by atoms with Gasteiger partial charge in [0.05, 0.1) is 6.54 Å². The fourth-order valence-corrected chi connectivity index (χ4v) is 0.959. The van der Waals surface area contributed by atoms with E-state index in [4.69, 9.17) is 0 Å². The summed E-state index contributed by atoms with van der Waals surface area (Å²) in [7, 11) is 0. The summed E-state index contributed by atoms with van der Waals surface area (Å²) in [5, 5.41) is 2.66. The van der Waals surface area contributed by atoms with Crippen LogP contribution in [0.4, 0.5) is 8.78 Å². The molecular formula is C8H17F2N. The minimum absolute atomic E-state index is 0.145. The molecule has 1 aliphatic rings. The molecule has 0 saturated carbocycles. The molecule has 0 spiro atoms. The molecule has 0 bridgehead atoms. The van der Waals surface area contributed by atoms with Gasteiger partial charge in [-0.25, -0.2) is 8.78 Å². The van der Waals surface area contributed by atoms with Crippen LogP contribution in [0.3, 0.4) is 0 Å². The Morgan fingerprint density at radius 1 is 1.36 bits per heavy atom. The number of rotatable bonds is 0. The number of piperidine rings is 1. The van der Waals surface area contributed by atoms with E-state index in [0.717, 1.165) is 6.54 Å². The highest BCUT2D eigenvalue weighted by atomic mass is 19.3. The first-order chi connectivity index (χ1) is 5.13. The van der Waals surface area contributed by atoms with Crippen LogP contribution in [0.15, 0.2) is 0 Å². The van der Waals surface area contributed by atoms with Crippen molar-refractivity contribution in [1.82, 2.24) is 5.32 Å². The second kappa shape index (κ2) is 4.65. The Morgan fingerprint density at radius 2 is 1.91 bits per heavy atom. The third-order valence-electron chi connectivity index (χ3n) is 1.84. The predicted molar refractivity (Wildman–Crippen MR) is 42.9 cm³/mol. The lowest BCUT2D eigenvalue weighted by Gasteiger charge is -2.28. The van der Waals surface area contributed by atoms with Gasteiger partial charge in [0.15, 0.2) is 0 Å². The van der Waals surface area contributed by atoms with Crippen LogP contribution in [-0.4, -0.2) is 19.0 Å². The van der Waals surface area contributed by atoms with Crippen LogP contribution >= 0.6 is 0 Å². The predicted octanol–water partition coefficient (Wildman–Crippen LogP) is 2.28. The Bertz CT molecular complexity index is 104. The zero-order valence-electron chi connectivity index (χ0n) is 7.45. The summed E-state index contributed by atoms with van der Waals surface area (Å²) in [5.74, 6) is -2.92. The van der Waals surface area contributed by atoms with Crippen molar-refractivity contribution in [2.75, 3.05) is 13.1 Å². The monoisotopic (exact) mass is 165 g/mol. The van der Waals surface area contributed by atoms with E-state index < -0.39 is 11.8 Å². The molecule has 1 unspecified atom stereocenters. The molecule has 1 nitrogen and oxygen atoms in total. The van der Waals surface area contributed by atoms with E-state index in [2.05, 4.69) is 5.32 Å². The van der Waals surface area contributed by atoms with Crippen molar-refractivity contribution in [1.29, 1.82) is 0 Å². The van der Waals surface area contributed by atoms with Crippen molar-refractivity contribution < 1.29 is 8.78 Å². The van der Waals surface area contributed by atoms with Crippen LogP contribution in [0.2, 0.25) is 0 Å². The Labute approximate surface area is 67.2 Å². The lowest BCUT2D eigenvalue weighted by Crippen LogP contribution is -2.44. The number of hydrogen-bond donors (Lipinski definition) is 1. The van der Waals surface area contributed by atoms with Gasteiger partial charge in [-0.15, -0.1) is 0 Å². The standard InChI is InChI=1S/C6H11F2N.C2H6/c1-5-2-3-9-4-6(5,7)8;1-2/h5,9H,2-4H2,1H3;1-2H3. The van der Waals surface area contributed by atoms with Gasteiger partial charge in [0.25, 0.3) is 5.92 Å². The molecule has 1 fully saturated rings. The second-order valence-corrected chi connectivity index (χ2v) is 2.63. The lowest BCUT2D eigenvalue weighted by molar-refractivity contribution is -0.0658. The first kappa shape index (κ1) is 10.8. The van der Waals surface area contributed by atoms with Gasteiger partial charge in [-0.3, -0.25) is 0 Å². The summed E-state index contributed by atoms with van der Waals surface area (Å²) >= 11 is 0. The molecule has 68 valence electrons. The molecule has 0 aliphatic carbocycles. The highest BCUT2D eigenvalue weighted by molar-refractivity contribution is 4.81. The van der Waals surface area contributed by atoms with Crippen molar-refractivity contribution in [3.8, 4) is 0 Å². The van der Waals surface area contributed by atoms with E-state index in [1.165, 1.54) is 0 Å². The SMILES string of the molecule is CC.CC1CCNCC1(F)F. The zero-order chi connectivity index (χ0) is 8.91. The first-order valence-corrected chi connectivity index (χ1v) is 4.21. The number of hydrogen-bond acceptors (Lipinski definition) is 1. The molecule has 1 aliphatic heterocycles. The molecule has 11 heavy (non-hydrogen) atoms. The van der Waals surface area contributed by atoms with Gasteiger partial charge in [0.2, 0.25) is 0 Å². The van der Waals surface area contributed by atoms with Gasteiger partial charge in [0, 0.05) is 5.92 Å². The minimum atomic E-state index is -2.47. The van der Waals surface area contributed by atoms with Crippen molar-refractivity contribution in [2.45, 2.75) is 33.1 Å². The second-order valence-electron chi connectivity index (χ2n) is 2.63. The quantitative estimate of drug-likeness (QED) is 0.580. The molecule has 0 aromatic rings. The van der Waals surface area contributed by atoms with E-state index in [9.17, 15) is 8.78 Å². The first-order valence-electron chi connectivity index (χ1n) is 4.21. The molecule has 1 heterocycles. The van der Waals surface area contributed by atoms with Gasteiger partial charge in [-0.2, -0.15) is 0 Å². The smallest absolute Gasteiger partial charge is 0.262 e. The van der Waals surface area contributed by atoms with Gasteiger partial charge >= 0.3 is 0 Å². The normalized spacial score (nSPS) is 28.6. The molecule has 3 heteroatoms. The van der Waals surface area contributed by atoms with Crippen molar-refractivity contribution in [2.24, 2.45) is 5.92 Å². The van der Waals surface area contributed by atoms with Crippen LogP contribution in [-0.2, 0) is 0 Å². The molecule has 0 aromatic heterocycles. The van der Waals surface area contributed by atoms with Crippen LogP contribution in [0.25, 0.3) is 0 Å². The molecule has 1 saturated heterocycles. The van der Waals surface area contributed by atoms with Gasteiger partial charge in [-0.1, -0.05) is 20.8 Å². The van der Waals surface area contributed by atoms with E-state index in [1.807, 2.05) is 13.8 Å². The Kier molecular flexibility index (Phi) is 4.57. The van der Waals surface area contributed by atoms with E-state index in [1.54, 1.807) is 6.92 Å². The average Bonchev–Trinajstić information content (AvgIpc) is 2.00. The number of halogens is 2. The van der Waals surface area contributed by atoms with E-state index in [-0.39, 0.29) is 6.54 Å². The fourth-order valence-electron chi connectivity index (χ4n) is 0.959. The van der Waals surface area contributed by atoms with Crippen molar-refractivity contribution in [3.05, 3.63) is 0 Å². The molecule has 0 amide bonds. The highest BCUT2D eigenvalue weighted by Gasteiger charge is 2.37. The molecule has 0 radical (unpaired) electrons. The average molecular weight is 165 g/mol. The summed E-state index contributed by atoms with van der Waals surface area (Å²) in [5.41, 5.74) is 0. The zero-order valence-corrected chi connectivity index (χ0v) is 7.45. The topological polar surface area (TPSA) is 12.0 Å². The Balaban J connectivity index is 0.000000461. The molecule has 0 aromatic carbocycles. The maximum Gasteiger partial charge on any atom is 0.262 e. The molecule has 1 N–H and O–H groups in total. The van der Waals surface area contributed by atoms with Crippen LogP contribution in [0, 0.1) is 5.92 Å². The molecule has 1 atom stereocenters. The third-order valence-corrected chi connectivity index (χ3v) is 1.84. The Morgan fingerprint density at radius 3 is 2.18 bits per heavy atom. The van der Waals surface area contributed by atoms with Crippen molar-refractivity contribution >= 4 is 0 Å². The summed E-state index contributed by atoms with van der Waals surface area (Å²) in [6, 6.07) is 0. The van der Waals surface area contributed by atoms with Gasteiger partial charge in [0.1, 0.15) is 0 Å². The minimum Gasteiger partial charge on any atom is -0.311 e. The van der Waals surface area contributed by atoms with Crippen LogP contribution < -0.4 is 5.32 Å². The summed E-state index contributed by atoms with van der Waals surface area (Å²) in [4.78, 5) is 0. The number of alkyl halides is 2. The largest absolute Gasteiger partial charge is 0.311 e. The number of nitrogens with one attached hydrogen (secondary N) is 1. The lowest BCUT2D eigenvalue weighted by atomic mass is 9.97. The molecular weight excluding hydrogens is 148 g/mol. The summed E-state index contributed by atoms with van der Waals surface area (Å²) in [6.07, 6.45) is 0.590. The fraction of sp³-hybridized carbons (Fsp3) is 1.00. The maximum absolute atomic E-state index is 12.5. The van der Waals surface area contributed by atoms with Crippen LogP contribution in [0.1, 0.15) is 27.2 Å². The van der Waals surface area contributed by atoms with Gasteiger partial charge in [-0.05, 0) is 13.0 Å².